The molecule has 1 nitrogen and oxygen atoms in total. The summed E-state index contributed by atoms with van der Waals surface area (Å²) in [5.41, 5.74) is -0.344. The van der Waals surface area contributed by atoms with E-state index in [1.54, 1.807) is 25.1 Å². The zero-order valence-electron chi connectivity index (χ0n) is 10.5. The maximum absolute atomic E-state index is 13.0. The van der Waals surface area contributed by atoms with Crippen LogP contribution in [0.25, 0.3) is 0 Å². The lowest BCUT2D eigenvalue weighted by molar-refractivity contribution is -0.137. The highest BCUT2D eigenvalue weighted by molar-refractivity contribution is 9.10. The molecule has 0 aliphatic carbocycles. The maximum Gasteiger partial charge on any atom is 0.417 e. The molecule has 0 spiro atoms. The molecule has 0 amide bonds. The zero-order chi connectivity index (χ0) is 14.9. The van der Waals surface area contributed by atoms with Gasteiger partial charge in [-0.3, -0.25) is 4.79 Å². The second kappa shape index (κ2) is 5.40. The van der Waals surface area contributed by atoms with Gasteiger partial charge in [0.15, 0.2) is 5.78 Å². The second-order valence-electron chi connectivity index (χ2n) is 4.33. The lowest BCUT2D eigenvalue weighted by Crippen LogP contribution is -2.14. The molecule has 0 aromatic heterocycles. The number of benzene rings is 2. The minimum absolute atomic E-state index is 0.278. The molecule has 0 N–H and O–H groups in total. The summed E-state index contributed by atoms with van der Waals surface area (Å²) in [6.45, 7) is 1.69. The van der Waals surface area contributed by atoms with E-state index in [9.17, 15) is 18.0 Å². The third kappa shape index (κ3) is 2.93. The first-order valence-corrected chi connectivity index (χ1v) is 6.57. The average Bonchev–Trinajstić information content (AvgIpc) is 2.37. The largest absolute Gasteiger partial charge is 0.417 e. The molecule has 0 heterocycles. The van der Waals surface area contributed by atoms with Crippen LogP contribution in [0.4, 0.5) is 13.2 Å². The molecule has 0 saturated heterocycles. The molecule has 2 aromatic rings. The number of hydrogen-bond acceptors (Lipinski definition) is 1. The van der Waals surface area contributed by atoms with Gasteiger partial charge >= 0.3 is 6.18 Å². The van der Waals surface area contributed by atoms with Gasteiger partial charge in [0.25, 0.3) is 0 Å². The summed E-state index contributed by atoms with van der Waals surface area (Å²) in [4.78, 5) is 12.3. The Balaban J connectivity index is 2.59. The van der Waals surface area contributed by atoms with Crippen molar-refractivity contribution in [1.82, 2.24) is 0 Å². The van der Waals surface area contributed by atoms with Crippen molar-refractivity contribution in [3.05, 3.63) is 69.2 Å². The monoisotopic (exact) mass is 342 g/mol. The van der Waals surface area contributed by atoms with Crippen molar-refractivity contribution in [2.45, 2.75) is 13.1 Å². The predicted molar refractivity (Wildman–Crippen MR) is 73.8 cm³/mol. The van der Waals surface area contributed by atoms with E-state index in [-0.39, 0.29) is 15.6 Å². The van der Waals surface area contributed by atoms with Crippen molar-refractivity contribution in [3.63, 3.8) is 0 Å². The number of carbonyl (C=O) groups is 1. The molecule has 20 heavy (non-hydrogen) atoms. The van der Waals surface area contributed by atoms with Crippen LogP contribution in [0.15, 0.2) is 46.9 Å². The van der Waals surface area contributed by atoms with Gasteiger partial charge in [-0.25, -0.2) is 0 Å². The Kier molecular flexibility index (Phi) is 3.99. The van der Waals surface area contributed by atoms with Crippen LogP contribution in [0.1, 0.15) is 27.0 Å². The number of aryl methyl sites for hydroxylation is 1. The summed E-state index contributed by atoms with van der Waals surface area (Å²) < 4.78 is 39.4. The number of halogens is 4. The molecular weight excluding hydrogens is 333 g/mol. The van der Waals surface area contributed by atoms with Gasteiger partial charge in [-0.05, 0) is 30.7 Å². The lowest BCUT2D eigenvalue weighted by Gasteiger charge is -2.13. The minimum atomic E-state index is -4.57. The topological polar surface area (TPSA) is 17.1 Å². The molecule has 104 valence electrons. The average molecular weight is 343 g/mol. The fourth-order valence-corrected chi connectivity index (χ4v) is 2.28. The van der Waals surface area contributed by atoms with E-state index in [1.165, 1.54) is 18.2 Å². The zero-order valence-corrected chi connectivity index (χ0v) is 12.0. The Morgan fingerprint density at radius 3 is 2.30 bits per heavy atom. The molecule has 0 aliphatic heterocycles. The summed E-state index contributed by atoms with van der Waals surface area (Å²) in [6, 6.07) is 10.1. The highest BCUT2D eigenvalue weighted by Crippen LogP contribution is 2.35. The van der Waals surface area contributed by atoms with Crippen molar-refractivity contribution in [2.24, 2.45) is 0 Å². The third-order valence-corrected chi connectivity index (χ3v) is 3.41. The molecule has 2 aromatic carbocycles. The van der Waals surface area contributed by atoms with Gasteiger partial charge in [0, 0.05) is 15.6 Å². The number of carbonyl (C=O) groups excluding carboxylic acids is 1. The first kappa shape index (κ1) is 14.8. The van der Waals surface area contributed by atoms with Crippen LogP contribution in [-0.2, 0) is 6.18 Å². The van der Waals surface area contributed by atoms with Gasteiger partial charge in [0.2, 0.25) is 0 Å². The fourth-order valence-electron chi connectivity index (χ4n) is 1.92. The van der Waals surface area contributed by atoms with Gasteiger partial charge in [-0.15, -0.1) is 0 Å². The molecule has 0 fully saturated rings. The van der Waals surface area contributed by atoms with Crippen molar-refractivity contribution in [2.75, 3.05) is 0 Å². The molecule has 0 atom stereocenters. The number of ketones is 1. The van der Waals surface area contributed by atoms with Crippen molar-refractivity contribution < 1.29 is 18.0 Å². The molecule has 0 unspecified atom stereocenters. The van der Waals surface area contributed by atoms with Gasteiger partial charge in [-0.1, -0.05) is 40.2 Å². The van der Waals surface area contributed by atoms with Crippen LogP contribution in [0.3, 0.4) is 0 Å². The molecular formula is C15H10BrF3O. The van der Waals surface area contributed by atoms with E-state index in [2.05, 4.69) is 15.9 Å². The Morgan fingerprint density at radius 1 is 1.05 bits per heavy atom. The summed E-state index contributed by atoms with van der Waals surface area (Å²) in [7, 11) is 0. The standard InChI is InChI=1S/C15H10BrF3O/c1-9-4-2-3-5-11(9)14(20)12-7-6-10(16)8-13(12)15(17,18)19/h2-8H,1H3. The van der Waals surface area contributed by atoms with E-state index in [1.807, 2.05) is 0 Å². The normalized spacial score (nSPS) is 11.4. The Morgan fingerprint density at radius 2 is 1.70 bits per heavy atom. The smallest absolute Gasteiger partial charge is 0.289 e. The van der Waals surface area contributed by atoms with Crippen LogP contribution < -0.4 is 0 Å². The number of rotatable bonds is 2. The minimum Gasteiger partial charge on any atom is -0.289 e. The van der Waals surface area contributed by atoms with Crippen LogP contribution in [-0.4, -0.2) is 5.78 Å². The highest BCUT2D eigenvalue weighted by Gasteiger charge is 2.35. The Bertz CT molecular complexity index is 662. The van der Waals surface area contributed by atoms with E-state index >= 15 is 0 Å². The number of alkyl halides is 3. The van der Waals surface area contributed by atoms with Crippen molar-refractivity contribution in [3.8, 4) is 0 Å². The van der Waals surface area contributed by atoms with Crippen LogP contribution in [0, 0.1) is 6.92 Å². The van der Waals surface area contributed by atoms with Crippen LogP contribution in [0.2, 0.25) is 0 Å². The first-order chi connectivity index (χ1) is 9.30. The summed E-state index contributed by atoms with van der Waals surface area (Å²) in [6.07, 6.45) is -4.57. The summed E-state index contributed by atoms with van der Waals surface area (Å²) in [5, 5.41) is 0. The molecule has 2 rings (SSSR count). The van der Waals surface area contributed by atoms with Gasteiger partial charge in [0.05, 0.1) is 5.56 Å². The Labute approximate surface area is 122 Å². The van der Waals surface area contributed by atoms with Crippen molar-refractivity contribution >= 4 is 21.7 Å². The van der Waals surface area contributed by atoms with Gasteiger partial charge in [-0.2, -0.15) is 13.2 Å². The summed E-state index contributed by atoms with van der Waals surface area (Å²) >= 11 is 3.00. The van der Waals surface area contributed by atoms with Crippen LogP contribution >= 0.6 is 15.9 Å². The van der Waals surface area contributed by atoms with Gasteiger partial charge < -0.3 is 0 Å². The van der Waals surface area contributed by atoms with E-state index in [0.717, 1.165) is 6.07 Å². The Hall–Kier alpha value is -1.62. The summed E-state index contributed by atoms with van der Waals surface area (Å²) in [5.74, 6) is -0.622. The number of hydrogen-bond donors (Lipinski definition) is 0. The van der Waals surface area contributed by atoms with E-state index in [0.29, 0.717) is 5.56 Å². The molecule has 0 radical (unpaired) electrons. The predicted octanol–water partition coefficient (Wildman–Crippen LogP) is 5.01. The molecule has 5 heteroatoms. The quantitative estimate of drug-likeness (QED) is 0.701. The molecule has 0 saturated carbocycles. The molecule has 0 bridgehead atoms. The lowest BCUT2D eigenvalue weighted by atomic mass is 9.95. The first-order valence-electron chi connectivity index (χ1n) is 5.78. The fraction of sp³-hybridized carbons (Fsp3) is 0.133. The van der Waals surface area contributed by atoms with Gasteiger partial charge in [0.1, 0.15) is 0 Å². The maximum atomic E-state index is 13.0. The van der Waals surface area contributed by atoms with Crippen LogP contribution in [0.5, 0.6) is 0 Å². The van der Waals surface area contributed by atoms with Crippen molar-refractivity contribution in [1.29, 1.82) is 0 Å². The second-order valence-corrected chi connectivity index (χ2v) is 5.25. The highest BCUT2D eigenvalue weighted by atomic mass is 79.9. The van der Waals surface area contributed by atoms with E-state index < -0.39 is 17.5 Å². The third-order valence-electron chi connectivity index (χ3n) is 2.92. The van der Waals surface area contributed by atoms with E-state index in [4.69, 9.17) is 0 Å². The molecule has 0 aliphatic rings. The SMILES string of the molecule is Cc1ccccc1C(=O)c1ccc(Br)cc1C(F)(F)F.